The van der Waals surface area contributed by atoms with E-state index in [4.69, 9.17) is 21.1 Å². The van der Waals surface area contributed by atoms with Crippen LogP contribution in [0.25, 0.3) is 0 Å². The Bertz CT molecular complexity index is 1060. The van der Waals surface area contributed by atoms with Crippen LogP contribution in [0, 0.1) is 6.92 Å². The van der Waals surface area contributed by atoms with Gasteiger partial charge in [-0.1, -0.05) is 17.7 Å². The molecule has 0 saturated carbocycles. The van der Waals surface area contributed by atoms with Gasteiger partial charge in [0.2, 0.25) is 10.0 Å². The lowest BCUT2D eigenvalue weighted by Gasteiger charge is -2.26. The highest BCUT2D eigenvalue weighted by Gasteiger charge is 2.27. The largest absolute Gasteiger partial charge is 0.452 e. The number of benzene rings is 1. The number of esters is 1. The SMILES string of the molecule is Cc1ccc(S(=O)(=O)N2CCOCC2)cc1C(=O)OCC(=O)N(C)Cc1ccc(Cl)s1. The third-order valence-corrected chi connectivity index (χ3v) is 7.92. The number of morpholine rings is 1. The lowest BCUT2D eigenvalue weighted by Crippen LogP contribution is -2.40. The molecule has 0 atom stereocenters. The van der Waals surface area contributed by atoms with Crippen molar-refractivity contribution in [3.05, 3.63) is 50.7 Å². The van der Waals surface area contributed by atoms with Crippen LogP contribution in [-0.4, -0.2) is 69.5 Å². The maximum Gasteiger partial charge on any atom is 0.338 e. The number of hydrogen-bond acceptors (Lipinski definition) is 7. The molecule has 8 nitrogen and oxygen atoms in total. The van der Waals surface area contributed by atoms with Crippen LogP contribution in [0.15, 0.2) is 35.2 Å². The number of carbonyl (C=O) groups is 2. The summed E-state index contributed by atoms with van der Waals surface area (Å²) < 4.78 is 38.0. The zero-order valence-corrected chi connectivity index (χ0v) is 19.6. The van der Waals surface area contributed by atoms with Crippen molar-refractivity contribution in [3.63, 3.8) is 0 Å². The summed E-state index contributed by atoms with van der Waals surface area (Å²) in [7, 11) is -2.15. The van der Waals surface area contributed by atoms with Crippen molar-refractivity contribution in [2.75, 3.05) is 40.0 Å². The summed E-state index contributed by atoms with van der Waals surface area (Å²) >= 11 is 7.26. The summed E-state index contributed by atoms with van der Waals surface area (Å²) in [5, 5.41) is 0. The van der Waals surface area contributed by atoms with E-state index in [1.807, 2.05) is 6.07 Å². The molecule has 1 fully saturated rings. The van der Waals surface area contributed by atoms with E-state index in [1.54, 1.807) is 26.1 Å². The fourth-order valence-corrected chi connectivity index (χ4v) is 5.57. The Morgan fingerprint density at radius 2 is 1.94 bits per heavy atom. The van der Waals surface area contributed by atoms with Gasteiger partial charge in [-0.2, -0.15) is 4.31 Å². The van der Waals surface area contributed by atoms with Crippen molar-refractivity contribution in [1.29, 1.82) is 0 Å². The lowest BCUT2D eigenvalue weighted by molar-refractivity contribution is -0.133. The number of thiophene rings is 1. The van der Waals surface area contributed by atoms with Gasteiger partial charge in [0, 0.05) is 25.0 Å². The number of sulfonamides is 1. The van der Waals surface area contributed by atoms with Crippen molar-refractivity contribution >= 4 is 44.8 Å². The number of amides is 1. The van der Waals surface area contributed by atoms with Crippen LogP contribution in [-0.2, 0) is 30.8 Å². The summed E-state index contributed by atoms with van der Waals surface area (Å²) in [6.07, 6.45) is 0. The minimum absolute atomic E-state index is 0.00460. The molecule has 0 spiro atoms. The second-order valence-corrected chi connectivity index (χ2v) is 10.8. The molecule has 1 aliphatic heterocycles. The summed E-state index contributed by atoms with van der Waals surface area (Å²) in [5.74, 6) is -1.13. The predicted octanol–water partition coefficient (Wildman–Crippen LogP) is 2.55. The first kappa shape index (κ1) is 23.7. The molecule has 0 radical (unpaired) electrons. The molecule has 1 aromatic heterocycles. The van der Waals surface area contributed by atoms with E-state index in [2.05, 4.69) is 0 Å². The molecular weight excluding hydrogens is 464 g/mol. The molecule has 0 aliphatic carbocycles. The van der Waals surface area contributed by atoms with Crippen LogP contribution < -0.4 is 0 Å². The van der Waals surface area contributed by atoms with Crippen molar-refractivity contribution < 1.29 is 27.5 Å². The Balaban J connectivity index is 1.65. The highest BCUT2D eigenvalue weighted by molar-refractivity contribution is 7.89. The van der Waals surface area contributed by atoms with Crippen LogP contribution >= 0.6 is 22.9 Å². The maximum atomic E-state index is 12.9. The molecule has 0 N–H and O–H groups in total. The van der Waals surface area contributed by atoms with Gasteiger partial charge in [-0.05, 0) is 36.8 Å². The lowest BCUT2D eigenvalue weighted by atomic mass is 10.1. The summed E-state index contributed by atoms with van der Waals surface area (Å²) in [5.41, 5.74) is 0.662. The average molecular weight is 487 g/mol. The normalized spacial score (nSPS) is 14.9. The van der Waals surface area contributed by atoms with Crippen molar-refractivity contribution in [2.24, 2.45) is 0 Å². The van der Waals surface area contributed by atoms with Gasteiger partial charge < -0.3 is 14.4 Å². The maximum absolute atomic E-state index is 12.9. The third kappa shape index (κ3) is 5.83. The average Bonchev–Trinajstić information content (AvgIpc) is 3.17. The first-order valence-electron chi connectivity index (χ1n) is 9.52. The first-order valence-corrected chi connectivity index (χ1v) is 12.2. The summed E-state index contributed by atoms with van der Waals surface area (Å²) in [6, 6.07) is 7.89. The number of ether oxygens (including phenoxy) is 2. The van der Waals surface area contributed by atoms with Gasteiger partial charge in [0.1, 0.15) is 0 Å². The molecule has 1 aromatic carbocycles. The second kappa shape index (κ2) is 10.1. The van der Waals surface area contributed by atoms with Gasteiger partial charge in [0.05, 0.1) is 34.6 Å². The van der Waals surface area contributed by atoms with Crippen molar-refractivity contribution in [1.82, 2.24) is 9.21 Å². The molecule has 3 rings (SSSR count). The van der Waals surface area contributed by atoms with Crippen LogP contribution in [0.1, 0.15) is 20.8 Å². The van der Waals surface area contributed by atoms with E-state index in [0.29, 0.717) is 29.7 Å². The Kier molecular flexibility index (Phi) is 7.71. The number of halogens is 1. The van der Waals surface area contributed by atoms with Crippen molar-refractivity contribution in [3.8, 4) is 0 Å². The van der Waals surface area contributed by atoms with Crippen LogP contribution in [0.3, 0.4) is 0 Å². The molecule has 0 bridgehead atoms. The Morgan fingerprint density at radius 3 is 2.58 bits per heavy atom. The second-order valence-electron chi connectivity index (χ2n) is 7.02. The molecule has 1 saturated heterocycles. The number of nitrogens with zero attached hydrogens (tertiary/aromatic N) is 2. The molecule has 2 heterocycles. The van der Waals surface area contributed by atoms with Crippen LogP contribution in [0.2, 0.25) is 4.34 Å². The van der Waals surface area contributed by atoms with Gasteiger partial charge >= 0.3 is 5.97 Å². The van der Waals surface area contributed by atoms with Gasteiger partial charge in [0.15, 0.2) is 6.61 Å². The topological polar surface area (TPSA) is 93.2 Å². The number of hydrogen-bond donors (Lipinski definition) is 0. The number of rotatable bonds is 7. The number of aryl methyl sites for hydroxylation is 1. The summed E-state index contributed by atoms with van der Waals surface area (Å²) in [6.45, 7) is 2.74. The predicted molar refractivity (Wildman–Crippen MR) is 117 cm³/mol. The molecular formula is C20H23ClN2O6S2. The first-order chi connectivity index (χ1) is 14.7. The van der Waals surface area contributed by atoms with Crippen LogP contribution in [0.5, 0.6) is 0 Å². The van der Waals surface area contributed by atoms with E-state index in [0.717, 1.165) is 4.88 Å². The Labute approximate surface area is 190 Å². The zero-order chi connectivity index (χ0) is 22.6. The number of likely N-dealkylation sites (N-methyl/N-ethyl adjacent to an activating group) is 1. The van der Waals surface area contributed by atoms with Gasteiger partial charge in [-0.3, -0.25) is 4.79 Å². The smallest absolute Gasteiger partial charge is 0.338 e. The molecule has 11 heteroatoms. The van der Waals surface area contributed by atoms with E-state index in [9.17, 15) is 18.0 Å². The minimum atomic E-state index is -3.75. The monoisotopic (exact) mass is 486 g/mol. The standard InChI is InChI=1S/C20H23ClN2O6S2/c1-14-3-5-16(31(26,27)23-7-9-28-10-8-23)11-17(14)20(25)29-13-19(24)22(2)12-15-4-6-18(21)30-15/h3-6,11H,7-10,12-13H2,1-2H3. The molecule has 1 amide bonds. The van der Waals surface area contributed by atoms with Crippen molar-refractivity contribution in [2.45, 2.75) is 18.4 Å². The quantitative estimate of drug-likeness (QED) is 0.558. The van der Waals surface area contributed by atoms with Gasteiger partial charge in [0.25, 0.3) is 5.91 Å². The molecule has 0 unspecified atom stereocenters. The minimum Gasteiger partial charge on any atom is -0.452 e. The molecule has 1 aliphatic rings. The van der Waals surface area contributed by atoms with E-state index < -0.39 is 22.6 Å². The highest BCUT2D eigenvalue weighted by atomic mass is 35.5. The van der Waals surface area contributed by atoms with Crippen LogP contribution in [0.4, 0.5) is 0 Å². The fourth-order valence-electron chi connectivity index (χ4n) is 2.99. The Hall–Kier alpha value is -1.98. The molecule has 31 heavy (non-hydrogen) atoms. The Morgan fingerprint density at radius 1 is 1.23 bits per heavy atom. The van der Waals surface area contributed by atoms with Gasteiger partial charge in [-0.15, -0.1) is 11.3 Å². The van der Waals surface area contributed by atoms with E-state index in [1.165, 1.54) is 32.7 Å². The summed E-state index contributed by atoms with van der Waals surface area (Å²) in [4.78, 5) is 27.2. The third-order valence-electron chi connectivity index (χ3n) is 4.81. The number of carbonyl (C=O) groups excluding carboxylic acids is 2. The molecule has 2 aromatic rings. The van der Waals surface area contributed by atoms with Gasteiger partial charge in [-0.25, -0.2) is 13.2 Å². The fraction of sp³-hybridized carbons (Fsp3) is 0.400. The highest BCUT2D eigenvalue weighted by Crippen LogP contribution is 2.23. The zero-order valence-electron chi connectivity index (χ0n) is 17.2. The van der Waals surface area contributed by atoms with E-state index >= 15 is 0 Å². The molecule has 168 valence electrons. The van der Waals surface area contributed by atoms with E-state index in [-0.39, 0.29) is 29.5 Å².